The molecule has 0 saturated carbocycles. The minimum atomic E-state index is -0.877. The van der Waals surface area contributed by atoms with Gasteiger partial charge in [0.05, 0.1) is 0 Å². The summed E-state index contributed by atoms with van der Waals surface area (Å²) in [7, 11) is 0. The largest absolute Gasteiger partial charge is 0.445 e. The molecule has 1 N–H and O–H groups in total. The summed E-state index contributed by atoms with van der Waals surface area (Å²) in [6.45, 7) is 2.81. The van der Waals surface area contributed by atoms with E-state index < -0.39 is 11.6 Å². The maximum absolute atomic E-state index is 10.5. The highest BCUT2D eigenvalue weighted by atomic mass is 16.6. The molecule has 0 saturated heterocycles. The zero-order chi connectivity index (χ0) is 8.20. The smallest absolute Gasteiger partial charge is 0.322 e. The van der Waals surface area contributed by atoms with Gasteiger partial charge in [0.1, 0.15) is 6.54 Å². The molecule has 0 aromatic rings. The second kappa shape index (κ2) is 3.23. The summed E-state index contributed by atoms with van der Waals surface area (Å²) in [4.78, 5) is 10.5. The molecular weight excluding hydrogens is 130 g/mol. The average molecular weight is 140 g/mol. The monoisotopic (exact) mass is 140 g/mol. The van der Waals surface area contributed by atoms with E-state index in [9.17, 15) is 4.79 Å². The molecule has 10 heavy (non-hydrogen) atoms. The maximum atomic E-state index is 10.5. The molecule has 0 aliphatic rings. The lowest BCUT2D eigenvalue weighted by atomic mass is 10.1. The van der Waals surface area contributed by atoms with Crippen molar-refractivity contribution >= 4 is 5.97 Å². The average Bonchev–Trinajstić information content (AvgIpc) is 1.87. The normalized spacial score (nSPS) is 10.2. The van der Waals surface area contributed by atoms with Gasteiger partial charge in [-0.05, 0) is 13.8 Å². The van der Waals surface area contributed by atoms with Crippen LogP contribution in [0, 0.1) is 12.3 Å². The van der Waals surface area contributed by atoms with Crippen LogP contribution in [-0.2, 0) is 9.53 Å². The Bertz CT molecular complexity index is 167. The lowest BCUT2D eigenvalue weighted by molar-refractivity contribution is -0.150. The molecule has 0 atom stereocenters. The summed E-state index contributed by atoms with van der Waals surface area (Å²) >= 11 is 0. The second-order valence-electron chi connectivity index (χ2n) is 2.31. The van der Waals surface area contributed by atoms with Crippen LogP contribution in [0.15, 0.2) is 0 Å². The Morgan fingerprint density at radius 1 is 1.80 bits per heavy atom. The Morgan fingerprint density at radius 3 is 2.60 bits per heavy atom. The zero-order valence-corrected chi connectivity index (χ0v) is 6.10. The Hall–Kier alpha value is -1.01. The summed E-state index contributed by atoms with van der Waals surface area (Å²) < 4.78 is 4.67. The van der Waals surface area contributed by atoms with Crippen LogP contribution in [0.25, 0.3) is 0 Å². The van der Waals surface area contributed by atoms with Crippen molar-refractivity contribution in [3.63, 3.8) is 0 Å². The molecule has 0 aromatic carbocycles. The summed E-state index contributed by atoms with van der Waals surface area (Å²) in [5.41, 5.74) is 5.74. The van der Waals surface area contributed by atoms with Gasteiger partial charge in [-0.1, -0.05) is 5.92 Å². The lowest BCUT2D eigenvalue weighted by Crippen LogP contribution is -2.27. The van der Waals surface area contributed by atoms with Gasteiger partial charge in [-0.2, -0.15) is 0 Å². The molecule has 1 radical (unpaired) electrons. The van der Waals surface area contributed by atoms with Gasteiger partial charge >= 0.3 is 5.97 Å². The third-order valence-corrected chi connectivity index (χ3v) is 0.861. The predicted octanol–water partition coefficient (Wildman–Crippen LogP) is 0.224. The van der Waals surface area contributed by atoms with E-state index in [0.717, 1.165) is 0 Å². The Labute approximate surface area is 60.5 Å². The van der Waals surface area contributed by atoms with Crippen LogP contribution in [0.3, 0.4) is 0 Å². The molecule has 0 heterocycles. The molecule has 0 bridgehead atoms. The molecule has 0 aliphatic heterocycles. The summed E-state index contributed by atoms with van der Waals surface area (Å²) in [5.74, 6) is 1.69. The van der Waals surface area contributed by atoms with Crippen molar-refractivity contribution < 1.29 is 9.53 Å². The number of hydrogen-bond donors (Lipinski definition) is 0. The Morgan fingerprint density at radius 2 is 2.30 bits per heavy atom. The molecule has 0 aromatic heterocycles. The van der Waals surface area contributed by atoms with Crippen LogP contribution in [0.5, 0.6) is 0 Å². The van der Waals surface area contributed by atoms with Gasteiger partial charge in [0, 0.05) is 0 Å². The number of ether oxygens (including phenoxy) is 1. The first-order valence-electron chi connectivity index (χ1n) is 2.86. The molecule has 0 amide bonds. The number of carbonyl (C=O) groups excluding carboxylic acids is 1. The molecule has 0 fully saturated rings. The van der Waals surface area contributed by atoms with Gasteiger partial charge in [-0.25, -0.2) is 5.73 Å². The number of carbonyl (C=O) groups is 1. The van der Waals surface area contributed by atoms with Crippen LogP contribution in [-0.4, -0.2) is 18.1 Å². The van der Waals surface area contributed by atoms with E-state index in [-0.39, 0.29) is 6.54 Å². The molecule has 3 heteroatoms. The Balaban J connectivity index is 3.92. The van der Waals surface area contributed by atoms with E-state index in [0.29, 0.717) is 0 Å². The van der Waals surface area contributed by atoms with Crippen molar-refractivity contribution in [3.8, 4) is 12.3 Å². The first kappa shape index (κ1) is 8.99. The van der Waals surface area contributed by atoms with E-state index in [2.05, 4.69) is 10.7 Å². The number of terminal acetylenes is 1. The third-order valence-electron chi connectivity index (χ3n) is 0.861. The zero-order valence-electron chi connectivity index (χ0n) is 6.10. The molecule has 3 nitrogen and oxygen atoms in total. The summed E-state index contributed by atoms with van der Waals surface area (Å²) in [5, 5.41) is 0. The van der Waals surface area contributed by atoms with E-state index in [4.69, 9.17) is 12.2 Å². The van der Waals surface area contributed by atoms with Crippen molar-refractivity contribution in [3.05, 3.63) is 0 Å². The van der Waals surface area contributed by atoms with Gasteiger partial charge < -0.3 is 4.74 Å². The highest BCUT2D eigenvalue weighted by Gasteiger charge is 2.17. The van der Waals surface area contributed by atoms with Gasteiger partial charge in [0.25, 0.3) is 0 Å². The van der Waals surface area contributed by atoms with Crippen molar-refractivity contribution in [1.29, 1.82) is 0 Å². The van der Waals surface area contributed by atoms with Crippen LogP contribution in [0.1, 0.15) is 13.8 Å². The predicted molar refractivity (Wildman–Crippen MR) is 37.0 cm³/mol. The van der Waals surface area contributed by atoms with E-state index in [1.54, 1.807) is 13.8 Å². The van der Waals surface area contributed by atoms with Crippen LogP contribution in [0.4, 0.5) is 0 Å². The van der Waals surface area contributed by atoms with E-state index in [1.165, 1.54) is 0 Å². The van der Waals surface area contributed by atoms with Crippen molar-refractivity contribution in [2.24, 2.45) is 0 Å². The topological polar surface area (TPSA) is 50.1 Å². The fraction of sp³-hybridized carbons (Fsp3) is 0.571. The van der Waals surface area contributed by atoms with Crippen molar-refractivity contribution in [1.82, 2.24) is 5.73 Å². The molecule has 0 rings (SSSR count). The van der Waals surface area contributed by atoms with Crippen LogP contribution in [0.2, 0.25) is 0 Å². The fourth-order valence-electron chi connectivity index (χ4n) is 0.350. The summed E-state index contributed by atoms with van der Waals surface area (Å²) in [6.07, 6.45) is 5.02. The molecule has 55 valence electrons. The van der Waals surface area contributed by atoms with Crippen molar-refractivity contribution in [2.75, 3.05) is 6.54 Å². The van der Waals surface area contributed by atoms with E-state index >= 15 is 0 Å². The first-order valence-corrected chi connectivity index (χ1v) is 2.86. The van der Waals surface area contributed by atoms with Crippen LogP contribution >= 0.6 is 0 Å². The lowest BCUT2D eigenvalue weighted by Gasteiger charge is -2.17. The maximum Gasteiger partial charge on any atom is 0.322 e. The summed E-state index contributed by atoms with van der Waals surface area (Å²) in [6, 6.07) is 0. The van der Waals surface area contributed by atoms with Gasteiger partial charge in [-0.15, -0.1) is 6.42 Å². The van der Waals surface area contributed by atoms with Gasteiger partial charge in [-0.3, -0.25) is 4.79 Å². The number of hydrogen-bond acceptors (Lipinski definition) is 2. The third kappa shape index (κ3) is 3.10. The molecule has 0 unspecified atom stereocenters. The highest BCUT2D eigenvalue weighted by molar-refractivity contribution is 5.72. The number of esters is 1. The number of rotatable bonds is 2. The van der Waals surface area contributed by atoms with Gasteiger partial charge in [0.15, 0.2) is 5.60 Å². The molecular formula is C7H10NO2. The molecule has 0 aliphatic carbocycles. The fourth-order valence-corrected chi connectivity index (χ4v) is 0.350. The van der Waals surface area contributed by atoms with E-state index in [1.807, 2.05) is 0 Å². The highest BCUT2D eigenvalue weighted by Crippen LogP contribution is 2.05. The minimum absolute atomic E-state index is 0.384. The SMILES string of the molecule is C#CC(C)(C)OC(=O)C[NH]. The quantitative estimate of drug-likeness (QED) is 0.407. The number of nitrogens with one attached hydrogen (secondary N) is 1. The van der Waals surface area contributed by atoms with Gasteiger partial charge in [0.2, 0.25) is 0 Å². The first-order chi connectivity index (χ1) is 4.52. The standard InChI is InChI=1S/C7H10NO2/c1-4-7(2,3)10-6(9)5-8/h1,8H,5H2,2-3H3. The van der Waals surface area contributed by atoms with Crippen molar-refractivity contribution in [2.45, 2.75) is 19.4 Å². The Kier molecular flexibility index (Phi) is 2.91. The van der Waals surface area contributed by atoms with Crippen LogP contribution < -0.4 is 5.73 Å². The minimum Gasteiger partial charge on any atom is -0.445 e. The second-order valence-corrected chi connectivity index (χ2v) is 2.31. The molecule has 0 spiro atoms.